The van der Waals surface area contributed by atoms with Crippen molar-refractivity contribution >= 4 is 16.7 Å². The highest BCUT2D eigenvalue weighted by atomic mass is 16.5. The molecular weight excluding hydrogens is 404 g/mol. The van der Waals surface area contributed by atoms with Gasteiger partial charge in [0, 0.05) is 23.1 Å². The van der Waals surface area contributed by atoms with Gasteiger partial charge in [-0.2, -0.15) is 0 Å². The predicted molar refractivity (Wildman–Crippen MR) is 121 cm³/mol. The molecule has 0 fully saturated rings. The molecule has 0 bridgehead atoms. The molecule has 0 radical (unpaired) electrons. The molecule has 0 spiro atoms. The third-order valence-electron chi connectivity index (χ3n) is 5.37. The fourth-order valence-electron chi connectivity index (χ4n) is 3.60. The molecule has 0 atom stereocenters. The Bertz CT molecular complexity index is 1370. The smallest absolute Gasteiger partial charge is 0.286 e. The maximum atomic E-state index is 5.90. The van der Waals surface area contributed by atoms with E-state index in [0.29, 0.717) is 24.1 Å². The molecule has 5 rings (SSSR count). The first kappa shape index (κ1) is 19.9. The first-order valence-corrected chi connectivity index (χ1v) is 10.4. The van der Waals surface area contributed by atoms with Crippen LogP contribution in [0.2, 0.25) is 0 Å². The lowest BCUT2D eigenvalue weighted by Crippen LogP contribution is -2.09. The zero-order valence-electron chi connectivity index (χ0n) is 18.1. The molecule has 0 aliphatic rings. The van der Waals surface area contributed by atoms with Crippen molar-refractivity contribution in [2.45, 2.75) is 27.2 Å². The number of hydrogen-bond donors (Lipinski definition) is 1. The van der Waals surface area contributed by atoms with Gasteiger partial charge in [0.25, 0.3) is 5.89 Å². The monoisotopic (exact) mass is 426 g/mol. The Labute approximate surface area is 184 Å². The second-order valence-corrected chi connectivity index (χ2v) is 7.67. The minimum Gasteiger partial charge on any atom is -0.413 e. The molecular formula is C24H22N6O2. The topological polar surface area (TPSA) is 103 Å². The molecule has 2 aromatic carbocycles. The molecule has 1 N–H and O–H groups in total. The van der Waals surface area contributed by atoms with E-state index in [4.69, 9.17) is 13.9 Å². The van der Waals surface area contributed by atoms with E-state index in [2.05, 4.69) is 25.7 Å². The van der Waals surface area contributed by atoms with E-state index in [0.717, 1.165) is 39.9 Å². The normalized spacial score (nSPS) is 11.2. The van der Waals surface area contributed by atoms with Crippen LogP contribution in [-0.4, -0.2) is 31.9 Å². The summed E-state index contributed by atoms with van der Waals surface area (Å²) in [5.41, 5.74) is 4.83. The first-order valence-electron chi connectivity index (χ1n) is 10.4. The maximum absolute atomic E-state index is 5.90. The van der Waals surface area contributed by atoms with Gasteiger partial charge in [-0.15, -0.1) is 10.2 Å². The number of fused-ring (bicyclic) bond motifs is 1. The number of benzene rings is 2. The lowest BCUT2D eigenvalue weighted by atomic mass is 10.1. The van der Waals surface area contributed by atoms with Gasteiger partial charge in [0.15, 0.2) is 0 Å². The number of rotatable bonds is 6. The first-order chi connectivity index (χ1) is 15.6. The average Bonchev–Trinajstić information content (AvgIpc) is 3.42. The lowest BCUT2D eigenvalue weighted by molar-refractivity contribution is 0.392. The number of aryl methyl sites for hydroxylation is 3. The molecule has 0 aliphatic carbocycles. The third kappa shape index (κ3) is 3.82. The van der Waals surface area contributed by atoms with Crippen molar-refractivity contribution < 1.29 is 8.94 Å². The molecule has 0 aliphatic heterocycles. The van der Waals surface area contributed by atoms with Crippen LogP contribution < -0.4 is 5.32 Å². The summed E-state index contributed by atoms with van der Waals surface area (Å²) < 4.78 is 11.2. The number of para-hydroxylation sites is 1. The van der Waals surface area contributed by atoms with Gasteiger partial charge in [0.05, 0.1) is 11.2 Å². The van der Waals surface area contributed by atoms with E-state index in [-0.39, 0.29) is 5.89 Å². The number of aromatic nitrogens is 5. The highest BCUT2D eigenvalue weighted by molar-refractivity contribution is 5.90. The number of nitrogens with one attached hydrogen (secondary N) is 1. The van der Waals surface area contributed by atoms with Gasteiger partial charge in [-0.25, -0.2) is 9.97 Å². The highest BCUT2D eigenvalue weighted by Crippen LogP contribution is 2.27. The molecule has 0 saturated heterocycles. The Balaban J connectivity index is 1.45. The van der Waals surface area contributed by atoms with E-state index in [1.54, 1.807) is 0 Å². The third-order valence-corrected chi connectivity index (χ3v) is 5.37. The van der Waals surface area contributed by atoms with Crippen LogP contribution in [0.3, 0.4) is 0 Å². The minimum absolute atomic E-state index is 0.278. The van der Waals surface area contributed by atoms with Crippen LogP contribution in [0.15, 0.2) is 57.5 Å². The summed E-state index contributed by atoms with van der Waals surface area (Å²) in [6, 6.07) is 15.8. The molecule has 5 aromatic rings. The second-order valence-electron chi connectivity index (χ2n) is 7.67. The summed E-state index contributed by atoms with van der Waals surface area (Å²) in [5.74, 6) is 2.65. The molecule has 8 nitrogen and oxygen atoms in total. The summed E-state index contributed by atoms with van der Waals surface area (Å²) in [4.78, 5) is 9.34. The van der Waals surface area contributed by atoms with E-state index in [1.807, 2.05) is 69.3 Å². The molecule has 0 amide bonds. The zero-order valence-corrected chi connectivity index (χ0v) is 18.1. The van der Waals surface area contributed by atoms with Gasteiger partial charge in [-0.1, -0.05) is 35.0 Å². The maximum Gasteiger partial charge on any atom is 0.286 e. The largest absolute Gasteiger partial charge is 0.413 e. The van der Waals surface area contributed by atoms with E-state index >= 15 is 0 Å². The SMILES string of the molecule is Cc1ccc(-c2nnc(-c3nc(NCCc4c(C)noc4C)c4ccccc4n3)o2)cc1. The van der Waals surface area contributed by atoms with E-state index in [1.165, 1.54) is 5.56 Å². The van der Waals surface area contributed by atoms with Crippen molar-refractivity contribution in [2.75, 3.05) is 11.9 Å². The van der Waals surface area contributed by atoms with Crippen LogP contribution in [0.4, 0.5) is 5.82 Å². The molecule has 160 valence electrons. The predicted octanol–water partition coefficient (Wildman–Crippen LogP) is 4.91. The van der Waals surface area contributed by atoms with Gasteiger partial charge in [-0.05, 0) is 51.5 Å². The molecule has 0 unspecified atom stereocenters. The summed E-state index contributed by atoms with van der Waals surface area (Å²) in [5, 5.41) is 16.7. The van der Waals surface area contributed by atoms with Gasteiger partial charge < -0.3 is 14.3 Å². The molecule has 32 heavy (non-hydrogen) atoms. The van der Waals surface area contributed by atoms with E-state index < -0.39 is 0 Å². The highest BCUT2D eigenvalue weighted by Gasteiger charge is 2.16. The van der Waals surface area contributed by atoms with Crippen molar-refractivity contribution in [1.82, 2.24) is 25.3 Å². The lowest BCUT2D eigenvalue weighted by Gasteiger charge is -2.09. The van der Waals surface area contributed by atoms with Crippen LogP contribution in [-0.2, 0) is 6.42 Å². The Kier molecular flexibility index (Phi) is 5.10. The molecule has 0 saturated carbocycles. The van der Waals surface area contributed by atoms with Crippen molar-refractivity contribution in [3.8, 4) is 23.2 Å². The number of anilines is 1. The zero-order chi connectivity index (χ0) is 22.1. The molecule has 3 heterocycles. The van der Waals surface area contributed by atoms with Gasteiger partial charge in [0.2, 0.25) is 11.7 Å². The molecule has 8 heteroatoms. The Morgan fingerprint density at radius 1 is 0.875 bits per heavy atom. The summed E-state index contributed by atoms with van der Waals surface area (Å²) in [6.45, 7) is 6.58. The summed E-state index contributed by atoms with van der Waals surface area (Å²) >= 11 is 0. The van der Waals surface area contributed by atoms with E-state index in [9.17, 15) is 0 Å². The van der Waals surface area contributed by atoms with Crippen molar-refractivity contribution in [3.63, 3.8) is 0 Å². The van der Waals surface area contributed by atoms with Gasteiger partial charge in [0.1, 0.15) is 11.6 Å². The Hall–Kier alpha value is -4.07. The number of hydrogen-bond acceptors (Lipinski definition) is 8. The van der Waals surface area contributed by atoms with Crippen LogP contribution in [0.25, 0.3) is 34.1 Å². The van der Waals surface area contributed by atoms with Crippen molar-refractivity contribution in [1.29, 1.82) is 0 Å². The fourth-order valence-corrected chi connectivity index (χ4v) is 3.60. The van der Waals surface area contributed by atoms with Crippen molar-refractivity contribution in [2.24, 2.45) is 0 Å². The fraction of sp³-hybridized carbons (Fsp3) is 0.208. The molecule has 3 aromatic heterocycles. The van der Waals surface area contributed by atoms with Crippen molar-refractivity contribution in [3.05, 3.63) is 71.1 Å². The quantitative estimate of drug-likeness (QED) is 0.408. The summed E-state index contributed by atoms with van der Waals surface area (Å²) in [7, 11) is 0. The van der Waals surface area contributed by atoms with Crippen LogP contribution in [0.1, 0.15) is 22.6 Å². The minimum atomic E-state index is 0.278. The standard InChI is InChI=1S/C24H22N6O2/c1-14-8-10-17(11-9-14)23-28-29-24(31-23)22-26-20-7-5-4-6-19(20)21(27-22)25-13-12-18-15(2)30-32-16(18)3/h4-11H,12-13H2,1-3H3,(H,25,26,27). The van der Waals surface area contributed by atoms with Gasteiger partial charge >= 0.3 is 0 Å². The van der Waals surface area contributed by atoms with Crippen LogP contribution in [0, 0.1) is 20.8 Å². The van der Waals surface area contributed by atoms with Crippen LogP contribution in [0.5, 0.6) is 0 Å². The Morgan fingerprint density at radius 2 is 1.66 bits per heavy atom. The average molecular weight is 426 g/mol. The Morgan fingerprint density at radius 3 is 2.44 bits per heavy atom. The second kappa shape index (κ2) is 8.22. The number of nitrogens with zero attached hydrogens (tertiary/aromatic N) is 5. The van der Waals surface area contributed by atoms with Gasteiger partial charge in [-0.3, -0.25) is 0 Å². The summed E-state index contributed by atoms with van der Waals surface area (Å²) in [6.07, 6.45) is 0.771. The van der Waals surface area contributed by atoms with Crippen LogP contribution >= 0.6 is 0 Å².